The third kappa shape index (κ3) is 8.56. The molecule has 0 saturated carbocycles. The number of hydrogen-bond donors (Lipinski definition) is 2. The number of thiocarbonyl (C=S) groups is 1. The maximum Gasteiger partial charge on any atom is 0.292 e. The van der Waals surface area contributed by atoms with Gasteiger partial charge in [-0.3, -0.25) is 9.24 Å². The Morgan fingerprint density at radius 3 is 2.52 bits per heavy atom. The zero-order valence-corrected chi connectivity index (χ0v) is 16.7. The standard InChI is InChI=1S/C14H32N3OPS2/c1-6-8-9-10-11-16-12-14(20)17(5)19(18,15-4)21-13(3)7-2/h13,16H,6-12H2,1-5H3,(H,15,18). The first-order valence-electron chi connectivity index (χ1n) is 7.86. The van der Waals surface area contributed by atoms with E-state index in [0.717, 1.165) is 13.0 Å². The van der Waals surface area contributed by atoms with Gasteiger partial charge in [-0.2, -0.15) is 0 Å². The Labute approximate surface area is 140 Å². The fourth-order valence-corrected chi connectivity index (χ4v) is 6.82. The highest BCUT2D eigenvalue weighted by atomic mass is 32.7. The van der Waals surface area contributed by atoms with Crippen LogP contribution in [-0.4, -0.2) is 42.1 Å². The summed E-state index contributed by atoms with van der Waals surface area (Å²) in [5.74, 6) is 0. The highest BCUT2D eigenvalue weighted by molar-refractivity contribution is 8.57. The van der Waals surface area contributed by atoms with Gasteiger partial charge in [0.2, 0.25) is 0 Å². The minimum Gasteiger partial charge on any atom is -0.311 e. The van der Waals surface area contributed by atoms with Crippen molar-refractivity contribution in [3.63, 3.8) is 0 Å². The van der Waals surface area contributed by atoms with Gasteiger partial charge in [0.05, 0.1) is 4.99 Å². The topological polar surface area (TPSA) is 44.4 Å². The normalized spacial score (nSPS) is 15.5. The molecule has 0 heterocycles. The van der Waals surface area contributed by atoms with E-state index in [9.17, 15) is 4.57 Å². The average Bonchev–Trinajstić information content (AvgIpc) is 2.49. The fourth-order valence-electron chi connectivity index (χ4n) is 1.73. The first kappa shape index (κ1) is 21.4. The van der Waals surface area contributed by atoms with Crippen molar-refractivity contribution >= 4 is 35.2 Å². The second-order valence-corrected chi connectivity index (χ2v) is 10.9. The SMILES string of the molecule is CCCCCCNCC(=S)N(C)P(=O)(NC)SC(C)CC. The molecule has 0 spiro atoms. The Kier molecular flexibility index (Phi) is 12.1. The van der Waals surface area contributed by atoms with Crippen LogP contribution in [0.5, 0.6) is 0 Å². The van der Waals surface area contributed by atoms with Crippen LogP contribution in [0.1, 0.15) is 52.9 Å². The zero-order valence-electron chi connectivity index (χ0n) is 14.1. The van der Waals surface area contributed by atoms with Crippen LogP contribution in [0.25, 0.3) is 0 Å². The highest BCUT2D eigenvalue weighted by Crippen LogP contribution is 2.59. The van der Waals surface area contributed by atoms with Crippen LogP contribution in [0.15, 0.2) is 0 Å². The minimum atomic E-state index is -2.67. The number of unbranched alkanes of at least 4 members (excludes halogenated alkanes) is 3. The molecule has 0 radical (unpaired) electrons. The van der Waals surface area contributed by atoms with Crippen molar-refractivity contribution in [3.05, 3.63) is 0 Å². The van der Waals surface area contributed by atoms with E-state index < -0.39 is 6.65 Å². The van der Waals surface area contributed by atoms with Crippen molar-refractivity contribution in [2.45, 2.75) is 58.1 Å². The zero-order chi connectivity index (χ0) is 16.3. The molecule has 0 rings (SSSR count). The minimum absolute atomic E-state index is 0.343. The molecule has 0 saturated heterocycles. The van der Waals surface area contributed by atoms with Crippen LogP contribution in [0.2, 0.25) is 0 Å². The quantitative estimate of drug-likeness (QED) is 0.310. The molecule has 2 unspecified atom stereocenters. The van der Waals surface area contributed by atoms with E-state index in [1.165, 1.54) is 37.1 Å². The monoisotopic (exact) mass is 353 g/mol. The maximum absolute atomic E-state index is 12.9. The summed E-state index contributed by atoms with van der Waals surface area (Å²) < 4.78 is 14.7. The molecule has 0 fully saturated rings. The largest absolute Gasteiger partial charge is 0.311 e. The average molecular weight is 354 g/mol. The van der Waals surface area contributed by atoms with Gasteiger partial charge in [0, 0.05) is 18.8 Å². The Morgan fingerprint density at radius 1 is 1.33 bits per heavy atom. The molecular weight excluding hydrogens is 321 g/mol. The molecule has 0 aromatic rings. The van der Waals surface area contributed by atoms with Gasteiger partial charge < -0.3 is 5.32 Å². The van der Waals surface area contributed by atoms with Gasteiger partial charge in [-0.05, 0) is 26.4 Å². The van der Waals surface area contributed by atoms with E-state index in [1.807, 2.05) is 7.05 Å². The summed E-state index contributed by atoms with van der Waals surface area (Å²) >= 11 is 6.91. The lowest BCUT2D eigenvalue weighted by Crippen LogP contribution is -2.34. The van der Waals surface area contributed by atoms with Gasteiger partial charge in [-0.15, -0.1) is 0 Å². The number of nitrogens with one attached hydrogen (secondary N) is 2. The Morgan fingerprint density at radius 2 is 2.00 bits per heavy atom. The van der Waals surface area contributed by atoms with Gasteiger partial charge in [0.1, 0.15) is 0 Å². The molecule has 2 N–H and O–H groups in total. The van der Waals surface area contributed by atoms with Crippen molar-refractivity contribution in [3.8, 4) is 0 Å². The Balaban J connectivity index is 4.23. The fraction of sp³-hybridized carbons (Fsp3) is 0.929. The van der Waals surface area contributed by atoms with E-state index in [-0.39, 0.29) is 0 Å². The first-order valence-corrected chi connectivity index (χ1v) is 11.4. The van der Waals surface area contributed by atoms with E-state index in [1.54, 1.807) is 11.7 Å². The van der Waals surface area contributed by atoms with E-state index in [0.29, 0.717) is 16.8 Å². The van der Waals surface area contributed by atoms with Crippen LogP contribution in [0.3, 0.4) is 0 Å². The summed E-state index contributed by atoms with van der Waals surface area (Å²) in [5.41, 5.74) is 0. The molecule has 0 aromatic heterocycles. The third-order valence-electron chi connectivity index (χ3n) is 3.42. The Hall–Kier alpha value is 0.390. The number of rotatable bonds is 12. The predicted molar refractivity (Wildman–Crippen MR) is 101 cm³/mol. The van der Waals surface area contributed by atoms with E-state index in [2.05, 4.69) is 31.2 Å². The van der Waals surface area contributed by atoms with Crippen LogP contribution < -0.4 is 10.4 Å². The van der Waals surface area contributed by atoms with Crippen molar-refractivity contribution in [1.82, 2.24) is 15.1 Å². The second-order valence-electron chi connectivity index (χ2n) is 5.22. The van der Waals surface area contributed by atoms with Crippen LogP contribution in [-0.2, 0) is 4.57 Å². The van der Waals surface area contributed by atoms with Crippen molar-refractivity contribution in [1.29, 1.82) is 0 Å². The predicted octanol–water partition coefficient (Wildman–Crippen LogP) is 4.27. The molecule has 0 aliphatic heterocycles. The molecule has 126 valence electrons. The summed E-state index contributed by atoms with van der Waals surface area (Å²) in [7, 11) is 3.57. The van der Waals surface area contributed by atoms with Gasteiger partial charge in [-0.1, -0.05) is 63.6 Å². The van der Waals surface area contributed by atoms with Crippen LogP contribution in [0, 0.1) is 0 Å². The lowest BCUT2D eigenvalue weighted by molar-refractivity contribution is 0.546. The summed E-state index contributed by atoms with van der Waals surface area (Å²) in [6, 6.07) is 0. The second kappa shape index (κ2) is 11.9. The Bertz CT molecular complexity index is 342. The first-order chi connectivity index (χ1) is 9.91. The summed E-state index contributed by atoms with van der Waals surface area (Å²) in [6.07, 6.45) is 5.95. The molecule has 2 atom stereocenters. The van der Waals surface area contributed by atoms with E-state index >= 15 is 0 Å². The van der Waals surface area contributed by atoms with Crippen LogP contribution >= 0.6 is 30.2 Å². The third-order valence-corrected chi connectivity index (χ3v) is 9.77. The molecule has 0 bridgehead atoms. The highest BCUT2D eigenvalue weighted by Gasteiger charge is 2.30. The lowest BCUT2D eigenvalue weighted by atomic mass is 10.2. The lowest BCUT2D eigenvalue weighted by Gasteiger charge is -2.30. The van der Waals surface area contributed by atoms with Gasteiger partial charge in [-0.25, -0.2) is 5.09 Å². The molecule has 4 nitrogen and oxygen atoms in total. The van der Waals surface area contributed by atoms with E-state index in [4.69, 9.17) is 12.2 Å². The summed E-state index contributed by atoms with van der Waals surface area (Å²) in [4.78, 5) is 0.707. The van der Waals surface area contributed by atoms with Crippen molar-refractivity contribution in [2.75, 3.05) is 27.2 Å². The van der Waals surface area contributed by atoms with Crippen molar-refractivity contribution in [2.24, 2.45) is 0 Å². The maximum atomic E-state index is 12.9. The smallest absolute Gasteiger partial charge is 0.292 e. The molecule has 7 heteroatoms. The van der Waals surface area contributed by atoms with Crippen LogP contribution in [0.4, 0.5) is 0 Å². The molecule has 0 amide bonds. The molecule has 0 aliphatic carbocycles. The molecule has 0 aromatic carbocycles. The summed E-state index contributed by atoms with van der Waals surface area (Å²) in [5, 5.41) is 6.66. The number of hydrogen-bond acceptors (Lipinski definition) is 4. The molecule has 21 heavy (non-hydrogen) atoms. The molecule has 0 aliphatic rings. The number of nitrogens with zero attached hydrogens (tertiary/aromatic N) is 1. The van der Waals surface area contributed by atoms with Gasteiger partial charge in [0.25, 0.3) is 6.65 Å². The van der Waals surface area contributed by atoms with Gasteiger partial charge >= 0.3 is 0 Å². The summed E-state index contributed by atoms with van der Waals surface area (Å²) in [6.45, 7) is 5.33. The van der Waals surface area contributed by atoms with Crippen molar-refractivity contribution < 1.29 is 4.57 Å². The van der Waals surface area contributed by atoms with Gasteiger partial charge in [0.15, 0.2) is 0 Å². The number of likely N-dealkylation sites (N-methyl/N-ethyl adjacent to an activating group) is 1. The molecular formula is C14H32N3OPS2.